The number of fused-ring (bicyclic) bond motifs is 1. The zero-order valence-corrected chi connectivity index (χ0v) is 15.8. The minimum absolute atomic E-state index is 0.0201. The fourth-order valence-electron chi connectivity index (χ4n) is 2.76. The van der Waals surface area contributed by atoms with Crippen molar-refractivity contribution in [2.75, 3.05) is 19.5 Å². The summed E-state index contributed by atoms with van der Waals surface area (Å²) in [4.78, 5) is 20.2. The van der Waals surface area contributed by atoms with Gasteiger partial charge in [0.15, 0.2) is 0 Å². The van der Waals surface area contributed by atoms with E-state index in [1.54, 1.807) is 32.4 Å². The summed E-state index contributed by atoms with van der Waals surface area (Å²) < 4.78 is 11.7. The number of ether oxygens (including phenoxy) is 2. The molecule has 9 heteroatoms. The Kier molecular flexibility index (Phi) is 4.62. The third-order valence-electron chi connectivity index (χ3n) is 4.17. The normalized spacial score (nSPS) is 10.8. The van der Waals surface area contributed by atoms with Crippen LogP contribution >= 0.6 is 11.6 Å². The first-order valence-electron chi connectivity index (χ1n) is 8.32. The second kappa shape index (κ2) is 7.24. The van der Waals surface area contributed by atoms with Gasteiger partial charge < -0.3 is 19.8 Å². The molecule has 0 unspecified atom stereocenters. The number of nitrogens with zero attached hydrogens (tertiary/aromatic N) is 3. The molecule has 4 aromatic rings. The van der Waals surface area contributed by atoms with E-state index in [-0.39, 0.29) is 5.02 Å². The highest BCUT2D eigenvalue weighted by atomic mass is 35.5. The number of para-hydroxylation sites is 2. The minimum Gasteiger partial charge on any atom is -0.497 e. The number of aromatic nitrogens is 4. The molecule has 0 spiro atoms. The topological polar surface area (TPSA) is 94.1 Å². The lowest BCUT2D eigenvalue weighted by Gasteiger charge is -2.13. The second-order valence-corrected chi connectivity index (χ2v) is 6.24. The maximum atomic E-state index is 12.7. The van der Waals surface area contributed by atoms with Gasteiger partial charge in [-0.25, -0.2) is 4.98 Å². The molecule has 2 aromatic heterocycles. The van der Waals surface area contributed by atoms with Crippen molar-refractivity contribution < 1.29 is 9.47 Å². The molecular weight excluding hydrogens is 382 g/mol. The Balaban J connectivity index is 1.71. The van der Waals surface area contributed by atoms with Gasteiger partial charge in [0.1, 0.15) is 16.5 Å². The van der Waals surface area contributed by atoms with E-state index in [4.69, 9.17) is 21.1 Å². The largest absolute Gasteiger partial charge is 0.497 e. The average molecular weight is 398 g/mol. The number of hydrogen-bond acceptors (Lipinski definition) is 6. The van der Waals surface area contributed by atoms with Gasteiger partial charge in [0.2, 0.25) is 5.95 Å². The summed E-state index contributed by atoms with van der Waals surface area (Å²) in [6.07, 6.45) is 1.46. The van der Waals surface area contributed by atoms with E-state index in [1.807, 2.05) is 24.3 Å². The van der Waals surface area contributed by atoms with E-state index in [2.05, 4.69) is 20.4 Å². The van der Waals surface area contributed by atoms with E-state index in [0.717, 1.165) is 15.7 Å². The first-order chi connectivity index (χ1) is 13.6. The SMILES string of the molecule is COc1ccc(Nc2cnn(-c3nc4ccccc4[nH]3)c(=O)c2Cl)c(OC)c1. The summed E-state index contributed by atoms with van der Waals surface area (Å²) >= 11 is 6.31. The number of hydrogen-bond donors (Lipinski definition) is 2. The van der Waals surface area contributed by atoms with Crippen LogP contribution in [0.4, 0.5) is 11.4 Å². The molecule has 142 valence electrons. The number of benzene rings is 2. The molecule has 2 N–H and O–H groups in total. The predicted octanol–water partition coefficient (Wildman–Crippen LogP) is 3.52. The zero-order valence-electron chi connectivity index (χ0n) is 15.1. The van der Waals surface area contributed by atoms with Crippen LogP contribution in [0.15, 0.2) is 53.5 Å². The monoisotopic (exact) mass is 397 g/mol. The molecule has 0 fully saturated rings. The maximum Gasteiger partial charge on any atom is 0.295 e. The van der Waals surface area contributed by atoms with Crippen LogP contribution in [-0.2, 0) is 0 Å². The van der Waals surface area contributed by atoms with Crippen molar-refractivity contribution >= 4 is 34.0 Å². The molecule has 0 atom stereocenters. The lowest BCUT2D eigenvalue weighted by atomic mass is 10.2. The van der Waals surface area contributed by atoms with Gasteiger partial charge in [-0.15, -0.1) is 0 Å². The fraction of sp³-hybridized carbons (Fsp3) is 0.105. The molecule has 0 saturated heterocycles. The highest BCUT2D eigenvalue weighted by Crippen LogP contribution is 2.32. The molecule has 0 aliphatic heterocycles. The summed E-state index contributed by atoms with van der Waals surface area (Å²) in [7, 11) is 3.11. The Morgan fingerprint density at radius 1 is 1.11 bits per heavy atom. The molecular formula is C19H16ClN5O3. The van der Waals surface area contributed by atoms with E-state index in [1.165, 1.54) is 6.20 Å². The van der Waals surface area contributed by atoms with Crippen molar-refractivity contribution in [2.45, 2.75) is 0 Å². The van der Waals surface area contributed by atoms with Crippen LogP contribution in [-0.4, -0.2) is 34.0 Å². The van der Waals surface area contributed by atoms with E-state index >= 15 is 0 Å². The molecule has 0 aliphatic rings. The molecule has 0 saturated carbocycles. The Morgan fingerprint density at radius 2 is 1.93 bits per heavy atom. The van der Waals surface area contributed by atoms with Crippen LogP contribution in [0.5, 0.6) is 11.5 Å². The quantitative estimate of drug-likeness (QED) is 0.535. The van der Waals surface area contributed by atoms with Crippen LogP contribution in [0.25, 0.3) is 17.0 Å². The van der Waals surface area contributed by atoms with Crippen LogP contribution in [0.2, 0.25) is 5.02 Å². The van der Waals surface area contributed by atoms with Gasteiger partial charge in [-0.3, -0.25) is 4.79 Å². The standard InChI is InChI=1S/C19H16ClN5O3/c1-27-11-7-8-14(16(9-11)28-2)22-15-10-21-25(18(26)17(15)20)19-23-12-5-3-4-6-13(12)24-19/h3-10,22H,1-2H3,(H,23,24). The molecule has 2 heterocycles. The average Bonchev–Trinajstić information content (AvgIpc) is 3.15. The van der Waals surface area contributed by atoms with E-state index in [0.29, 0.717) is 28.8 Å². The van der Waals surface area contributed by atoms with Crippen molar-refractivity contribution in [3.05, 3.63) is 64.0 Å². The van der Waals surface area contributed by atoms with Gasteiger partial charge in [0.25, 0.3) is 5.56 Å². The van der Waals surface area contributed by atoms with Crippen LogP contribution in [0, 0.1) is 0 Å². The lowest BCUT2D eigenvalue weighted by Crippen LogP contribution is -2.23. The van der Waals surface area contributed by atoms with E-state index < -0.39 is 5.56 Å². The Morgan fingerprint density at radius 3 is 2.68 bits per heavy atom. The second-order valence-electron chi connectivity index (χ2n) is 5.86. The summed E-state index contributed by atoms with van der Waals surface area (Å²) in [5.74, 6) is 1.48. The maximum absolute atomic E-state index is 12.7. The number of nitrogens with one attached hydrogen (secondary N) is 2. The zero-order chi connectivity index (χ0) is 19.7. The molecule has 2 aromatic carbocycles. The molecule has 28 heavy (non-hydrogen) atoms. The molecule has 0 amide bonds. The van der Waals surface area contributed by atoms with Gasteiger partial charge in [-0.2, -0.15) is 9.78 Å². The van der Waals surface area contributed by atoms with Crippen molar-refractivity contribution in [2.24, 2.45) is 0 Å². The Labute approximate surface area is 164 Å². The molecule has 8 nitrogen and oxygen atoms in total. The first-order valence-corrected chi connectivity index (χ1v) is 8.70. The Hall–Kier alpha value is -3.52. The van der Waals surface area contributed by atoms with Gasteiger partial charge in [-0.05, 0) is 24.3 Å². The predicted molar refractivity (Wildman–Crippen MR) is 107 cm³/mol. The van der Waals surface area contributed by atoms with Crippen LogP contribution in [0.1, 0.15) is 0 Å². The fourth-order valence-corrected chi connectivity index (χ4v) is 2.93. The van der Waals surface area contributed by atoms with Gasteiger partial charge in [-0.1, -0.05) is 23.7 Å². The smallest absolute Gasteiger partial charge is 0.295 e. The number of halogens is 1. The lowest BCUT2D eigenvalue weighted by molar-refractivity contribution is 0.395. The van der Waals surface area contributed by atoms with Crippen LogP contribution < -0.4 is 20.3 Å². The minimum atomic E-state index is -0.502. The van der Waals surface area contributed by atoms with Crippen molar-refractivity contribution in [3.8, 4) is 17.4 Å². The Bertz CT molecular complexity index is 1180. The van der Waals surface area contributed by atoms with Crippen molar-refractivity contribution in [1.82, 2.24) is 19.7 Å². The highest BCUT2D eigenvalue weighted by molar-refractivity contribution is 6.33. The summed E-state index contributed by atoms with van der Waals surface area (Å²) in [5.41, 5.74) is 1.99. The van der Waals surface area contributed by atoms with Gasteiger partial charge in [0.05, 0.1) is 42.8 Å². The highest BCUT2D eigenvalue weighted by Gasteiger charge is 2.15. The van der Waals surface area contributed by atoms with E-state index in [9.17, 15) is 4.79 Å². The molecule has 0 radical (unpaired) electrons. The number of rotatable bonds is 5. The third-order valence-corrected chi connectivity index (χ3v) is 4.54. The third kappa shape index (κ3) is 3.14. The molecule has 0 aliphatic carbocycles. The summed E-state index contributed by atoms with van der Waals surface area (Å²) in [6, 6.07) is 12.7. The van der Waals surface area contributed by atoms with Crippen molar-refractivity contribution in [3.63, 3.8) is 0 Å². The number of H-pyrrole nitrogens is 1. The number of anilines is 2. The number of methoxy groups -OCH3 is 2. The summed E-state index contributed by atoms with van der Waals surface area (Å²) in [6.45, 7) is 0. The van der Waals surface area contributed by atoms with Crippen LogP contribution in [0.3, 0.4) is 0 Å². The number of aromatic amines is 1. The first kappa shape index (κ1) is 17.9. The summed E-state index contributed by atoms with van der Waals surface area (Å²) in [5, 5.41) is 7.24. The molecule has 4 rings (SSSR count). The number of imidazole rings is 1. The van der Waals surface area contributed by atoms with Gasteiger partial charge in [0, 0.05) is 6.07 Å². The van der Waals surface area contributed by atoms with Gasteiger partial charge >= 0.3 is 0 Å². The molecule has 0 bridgehead atoms. The van der Waals surface area contributed by atoms with Crippen molar-refractivity contribution in [1.29, 1.82) is 0 Å².